The van der Waals surface area contributed by atoms with Crippen LogP contribution in [0.4, 0.5) is 0 Å². The molecule has 3 aliphatic rings. The molecule has 13 atom stereocenters. The number of hydrogen-bond donors (Lipinski definition) is 13. The van der Waals surface area contributed by atoms with Gasteiger partial charge in [-0.1, -0.05) is 83.6 Å². The van der Waals surface area contributed by atoms with E-state index in [4.69, 9.17) is 34.5 Å². The number of fused-ring (bicyclic) bond motifs is 3. The van der Waals surface area contributed by atoms with E-state index in [0.29, 0.717) is 25.7 Å². The number of carbonyl (C=O) groups is 15. The van der Waals surface area contributed by atoms with Crippen LogP contribution in [0.3, 0.4) is 0 Å². The molecule has 2 fully saturated rings. The van der Waals surface area contributed by atoms with Crippen molar-refractivity contribution >= 4 is 89.2 Å². The molecule has 5 amide bonds. The molecule has 1 aliphatic heterocycles. The van der Waals surface area contributed by atoms with Gasteiger partial charge in [0.1, 0.15) is 35.9 Å². The standard InChI is InChI=1S/C65H98N6O27/c1-7-9-10-16-19-23-50(80)95-54-52-51(36(4)53(54)96-62(91)35(3)8-2)56-65(93,55(81)63(92)97-56)43(34-64(52,6)98-37(5)72)94-49(79)22-20-17-14-12-11-13-15-18-21-32-67-47(76)33-38(66)57(82)71-42(61(89)90)26-30-46(75)69-40(59(85)86)24-28-44(73)68-39(58(83)84)25-29-45(74)70-41(60(87)88)27-31-48(77)78/h8,38-43,52-56,81,93H,7,9-34,66H2,1-6H3,(H,67,76)(H,68,73)(H,69,75)(H,70,74)(H,71,82)(H,77,78)(H,83,84)(H,85,86)(H,87,88)(H,89,90)/b35-8-/t38-,39-,40-,41-,42-,43-,52+,53-,54-,55+,56-,64-,65-/m0/s1. The highest BCUT2D eigenvalue weighted by Crippen LogP contribution is 2.56. The number of aliphatic carboxylic acids is 5. The lowest BCUT2D eigenvalue weighted by molar-refractivity contribution is -0.198. The van der Waals surface area contributed by atoms with Crippen molar-refractivity contribution in [2.45, 2.75) is 280 Å². The Kier molecular flexibility index (Phi) is 35.0. The van der Waals surface area contributed by atoms with E-state index in [9.17, 15) is 103 Å². The molecule has 33 nitrogen and oxygen atoms in total. The number of allylic oxidation sites excluding steroid dienone is 1. The average Bonchev–Trinajstić information content (AvgIpc) is 1.54. The van der Waals surface area contributed by atoms with Gasteiger partial charge in [0.05, 0.1) is 18.4 Å². The highest BCUT2D eigenvalue weighted by Gasteiger charge is 2.72. The number of hydrogen-bond acceptors (Lipinski definition) is 23. The molecule has 550 valence electrons. The van der Waals surface area contributed by atoms with E-state index < -0.39 is 231 Å². The SMILES string of the molecule is C/C=C(/C)C(=O)O[C@H]1C(C)=C2[C@H]([C@@H]1OC(=O)CCCCCCC)[C@@](C)(OC(C)=O)C[C@H](OC(=O)CCCCCCCCCCCNC(=O)C[C@H](N)C(=O)N[C@@H](CCC(=O)N[C@@H](CCC(=O)N[C@@H](CCC(=O)N[C@@H](CCC(=O)O)C(=O)O)C(=O)O)C(=O)O)C(=O)O)[C@]1(O)[C@H](O)C(=O)O[C@@H]21. The summed E-state index contributed by atoms with van der Waals surface area (Å²) in [5.41, 5.74) is 1.98. The third-order valence-corrected chi connectivity index (χ3v) is 17.4. The summed E-state index contributed by atoms with van der Waals surface area (Å²) in [6.07, 6.45) is -2.16. The summed E-state index contributed by atoms with van der Waals surface area (Å²) in [4.78, 5) is 188. The van der Waals surface area contributed by atoms with Crippen molar-refractivity contribution in [1.82, 2.24) is 26.6 Å². The number of aliphatic hydroxyl groups excluding tert-OH is 1. The van der Waals surface area contributed by atoms with Gasteiger partial charge < -0.3 is 91.7 Å². The Balaban J connectivity index is 1.43. The van der Waals surface area contributed by atoms with Crippen LogP contribution >= 0.6 is 0 Å². The summed E-state index contributed by atoms with van der Waals surface area (Å²) in [5.74, 6) is -17.7. The summed E-state index contributed by atoms with van der Waals surface area (Å²) in [6, 6.07) is -8.21. The molecule has 1 heterocycles. The number of nitrogens with two attached hydrogens (primary N) is 1. The van der Waals surface area contributed by atoms with Crippen molar-refractivity contribution in [3.05, 3.63) is 22.8 Å². The monoisotopic (exact) mass is 1390 g/mol. The molecular weight excluding hydrogens is 1300 g/mol. The van der Waals surface area contributed by atoms with Crippen LogP contribution in [0.25, 0.3) is 0 Å². The Bertz CT molecular complexity index is 2930. The Morgan fingerprint density at radius 1 is 0.612 bits per heavy atom. The van der Waals surface area contributed by atoms with Crippen LogP contribution in [0, 0.1) is 5.92 Å². The van der Waals surface area contributed by atoms with Crippen LogP contribution in [0.2, 0.25) is 0 Å². The van der Waals surface area contributed by atoms with Gasteiger partial charge in [-0.3, -0.25) is 43.2 Å². The van der Waals surface area contributed by atoms with Gasteiger partial charge in [0.15, 0.2) is 30.0 Å². The Labute approximate surface area is 566 Å². The Morgan fingerprint density at radius 2 is 1.05 bits per heavy atom. The van der Waals surface area contributed by atoms with Crippen LogP contribution < -0.4 is 32.3 Å². The fraction of sp³-hybridized carbons (Fsp3) is 0.708. The van der Waals surface area contributed by atoms with E-state index in [1.165, 1.54) is 26.8 Å². The highest BCUT2D eigenvalue weighted by molar-refractivity contribution is 5.92. The molecule has 1 saturated carbocycles. The minimum atomic E-state index is -2.64. The number of carboxylic acids is 5. The van der Waals surface area contributed by atoms with Crippen molar-refractivity contribution in [2.24, 2.45) is 11.7 Å². The normalized spacial score (nSPS) is 22.5. The summed E-state index contributed by atoms with van der Waals surface area (Å²) in [7, 11) is 0. The molecule has 0 aromatic carbocycles. The number of esters is 5. The minimum Gasteiger partial charge on any atom is -0.481 e. The van der Waals surface area contributed by atoms with Gasteiger partial charge in [-0.15, -0.1) is 0 Å². The number of ether oxygens (including phenoxy) is 5. The zero-order chi connectivity index (χ0) is 73.6. The quantitative estimate of drug-likeness (QED) is 0.0136. The lowest BCUT2D eigenvalue weighted by Gasteiger charge is -2.40. The van der Waals surface area contributed by atoms with Gasteiger partial charge in [-0.25, -0.2) is 28.8 Å². The number of aliphatic hydroxyl groups is 2. The summed E-state index contributed by atoms with van der Waals surface area (Å²) >= 11 is 0. The van der Waals surface area contributed by atoms with E-state index in [1.54, 1.807) is 6.92 Å². The van der Waals surface area contributed by atoms with E-state index in [0.717, 1.165) is 71.1 Å². The van der Waals surface area contributed by atoms with Gasteiger partial charge >= 0.3 is 59.7 Å². The summed E-state index contributed by atoms with van der Waals surface area (Å²) < 4.78 is 29.7. The van der Waals surface area contributed by atoms with Crippen molar-refractivity contribution in [3.8, 4) is 0 Å². The topological polar surface area (TPSA) is 530 Å². The second-order valence-electron chi connectivity index (χ2n) is 25.1. The predicted octanol–water partition coefficient (Wildman–Crippen LogP) is 1.96. The van der Waals surface area contributed by atoms with E-state index in [-0.39, 0.29) is 36.1 Å². The third kappa shape index (κ3) is 26.3. The number of unbranched alkanes of at least 4 members (excludes halogenated alkanes) is 12. The number of amides is 5. The molecule has 0 aromatic heterocycles. The largest absolute Gasteiger partial charge is 0.481 e. The number of carbonyl (C=O) groups excluding carboxylic acids is 10. The first-order valence-electron chi connectivity index (χ1n) is 33.2. The van der Waals surface area contributed by atoms with E-state index in [2.05, 4.69) is 33.5 Å². The molecule has 3 rings (SSSR count). The zero-order valence-electron chi connectivity index (χ0n) is 56.4. The lowest BCUT2D eigenvalue weighted by Crippen LogP contribution is -2.58. The number of nitrogens with one attached hydrogen (secondary N) is 5. The molecule has 0 bridgehead atoms. The first kappa shape index (κ1) is 83.6. The number of rotatable bonds is 46. The van der Waals surface area contributed by atoms with Crippen molar-refractivity contribution in [2.75, 3.05) is 6.54 Å². The fourth-order valence-electron chi connectivity index (χ4n) is 11.9. The van der Waals surface area contributed by atoms with Crippen molar-refractivity contribution < 1.29 is 131 Å². The molecule has 0 radical (unpaired) electrons. The smallest absolute Gasteiger partial charge is 0.339 e. The maximum atomic E-state index is 13.6. The molecular formula is C65H98N6O27. The first-order chi connectivity index (χ1) is 46.1. The maximum absolute atomic E-state index is 13.6. The van der Waals surface area contributed by atoms with Crippen LogP contribution in [0.5, 0.6) is 0 Å². The molecule has 1 saturated heterocycles. The zero-order valence-corrected chi connectivity index (χ0v) is 56.4. The van der Waals surface area contributed by atoms with Gasteiger partial charge in [0, 0.05) is 64.0 Å². The molecule has 98 heavy (non-hydrogen) atoms. The summed E-state index contributed by atoms with van der Waals surface area (Å²) in [6.45, 7) is 9.60. The molecule has 0 unspecified atom stereocenters. The van der Waals surface area contributed by atoms with Crippen LogP contribution in [0.1, 0.15) is 208 Å². The van der Waals surface area contributed by atoms with Gasteiger partial charge in [0.25, 0.3) is 0 Å². The fourth-order valence-corrected chi connectivity index (χ4v) is 11.9. The molecule has 2 aliphatic carbocycles. The van der Waals surface area contributed by atoms with E-state index >= 15 is 0 Å². The number of carboxylic acid groups (broad SMARTS) is 5. The van der Waals surface area contributed by atoms with Gasteiger partial charge in [-0.2, -0.15) is 0 Å². The van der Waals surface area contributed by atoms with Crippen LogP contribution in [-0.4, -0.2) is 203 Å². The molecule has 14 N–H and O–H groups in total. The van der Waals surface area contributed by atoms with Crippen LogP contribution in [0.15, 0.2) is 22.8 Å². The Hall–Kier alpha value is -8.59. The Morgan fingerprint density at radius 3 is 1.50 bits per heavy atom. The van der Waals surface area contributed by atoms with Gasteiger partial charge in [-0.05, 0) is 83.8 Å². The lowest BCUT2D eigenvalue weighted by atomic mass is 9.79. The van der Waals surface area contributed by atoms with Crippen molar-refractivity contribution in [3.63, 3.8) is 0 Å². The molecule has 0 aromatic rings. The maximum Gasteiger partial charge on any atom is 0.339 e. The van der Waals surface area contributed by atoms with Crippen molar-refractivity contribution in [1.29, 1.82) is 0 Å². The molecule has 0 spiro atoms. The molecule has 33 heteroatoms. The second-order valence-corrected chi connectivity index (χ2v) is 25.1. The highest BCUT2D eigenvalue weighted by atomic mass is 16.6. The van der Waals surface area contributed by atoms with Crippen LogP contribution in [-0.2, 0) is 95.6 Å². The van der Waals surface area contributed by atoms with E-state index in [1.807, 2.05) is 0 Å². The average molecular weight is 1400 g/mol. The minimum absolute atomic E-state index is 0.0100. The predicted molar refractivity (Wildman–Crippen MR) is 339 cm³/mol. The first-order valence-corrected chi connectivity index (χ1v) is 33.2. The third-order valence-electron chi connectivity index (χ3n) is 17.4. The second kappa shape index (κ2) is 41.0. The van der Waals surface area contributed by atoms with Gasteiger partial charge in [0.2, 0.25) is 29.5 Å². The summed E-state index contributed by atoms with van der Waals surface area (Å²) in [5, 5.41) is 81.9.